The molecular formula is C21H30N4O3. The summed E-state index contributed by atoms with van der Waals surface area (Å²) in [6.07, 6.45) is 9.67. The van der Waals surface area contributed by atoms with Gasteiger partial charge in [-0.3, -0.25) is 9.69 Å². The SMILES string of the molecule is CC(C)n1cncc1CN1CCC2(CCC(CNC(=O)c3ccco3)O2)CC1. The highest BCUT2D eigenvalue weighted by atomic mass is 16.5. The molecular weight excluding hydrogens is 356 g/mol. The van der Waals surface area contributed by atoms with Gasteiger partial charge < -0.3 is 19.0 Å². The number of carbonyl (C=O) groups excluding carboxylic acids is 1. The van der Waals surface area contributed by atoms with E-state index in [9.17, 15) is 4.79 Å². The molecule has 0 saturated carbocycles. The van der Waals surface area contributed by atoms with Crippen molar-refractivity contribution in [3.63, 3.8) is 0 Å². The fraction of sp³-hybridized carbons (Fsp3) is 0.619. The molecule has 0 bridgehead atoms. The minimum atomic E-state index is -0.175. The summed E-state index contributed by atoms with van der Waals surface area (Å²) in [5, 5.41) is 2.93. The van der Waals surface area contributed by atoms with Gasteiger partial charge in [0.2, 0.25) is 0 Å². The van der Waals surface area contributed by atoms with Gasteiger partial charge in [0.1, 0.15) is 0 Å². The second-order valence-corrected chi connectivity index (χ2v) is 8.31. The van der Waals surface area contributed by atoms with E-state index in [2.05, 4.69) is 33.6 Å². The van der Waals surface area contributed by atoms with Crippen LogP contribution in [0.1, 0.15) is 61.8 Å². The zero-order valence-corrected chi connectivity index (χ0v) is 16.8. The topological polar surface area (TPSA) is 72.5 Å². The summed E-state index contributed by atoms with van der Waals surface area (Å²) >= 11 is 0. The summed E-state index contributed by atoms with van der Waals surface area (Å²) in [7, 11) is 0. The molecule has 2 saturated heterocycles. The first kappa shape index (κ1) is 19.2. The average molecular weight is 386 g/mol. The monoisotopic (exact) mass is 386 g/mol. The third-order valence-electron chi connectivity index (χ3n) is 6.03. The van der Waals surface area contributed by atoms with Gasteiger partial charge >= 0.3 is 0 Å². The van der Waals surface area contributed by atoms with Crippen LogP contribution in [0.2, 0.25) is 0 Å². The lowest BCUT2D eigenvalue weighted by molar-refractivity contribution is -0.0767. The van der Waals surface area contributed by atoms with Crippen LogP contribution in [0.3, 0.4) is 0 Å². The van der Waals surface area contributed by atoms with Crippen molar-refractivity contribution in [3.05, 3.63) is 42.4 Å². The van der Waals surface area contributed by atoms with Gasteiger partial charge in [0.05, 0.1) is 30.0 Å². The van der Waals surface area contributed by atoms with Crippen molar-refractivity contribution in [2.24, 2.45) is 0 Å². The molecule has 7 heteroatoms. The lowest BCUT2D eigenvalue weighted by Crippen LogP contribution is -2.45. The molecule has 2 aliphatic rings. The molecule has 0 aliphatic carbocycles. The number of hydrogen-bond donors (Lipinski definition) is 1. The number of nitrogens with one attached hydrogen (secondary N) is 1. The van der Waals surface area contributed by atoms with Crippen LogP contribution in [-0.2, 0) is 11.3 Å². The lowest BCUT2D eigenvalue weighted by Gasteiger charge is -2.39. The normalized spacial score (nSPS) is 22.2. The Balaban J connectivity index is 1.24. The Labute approximate surface area is 166 Å². The highest BCUT2D eigenvalue weighted by Crippen LogP contribution is 2.39. The molecule has 2 fully saturated rings. The quantitative estimate of drug-likeness (QED) is 0.826. The Hall–Kier alpha value is -2.12. The van der Waals surface area contributed by atoms with Gasteiger partial charge in [-0.2, -0.15) is 0 Å². The largest absolute Gasteiger partial charge is 0.459 e. The van der Waals surface area contributed by atoms with Crippen LogP contribution in [0, 0.1) is 0 Å². The molecule has 2 aliphatic heterocycles. The Bertz CT molecular complexity index is 775. The minimum Gasteiger partial charge on any atom is -0.459 e. The molecule has 0 aromatic carbocycles. The predicted molar refractivity (Wildman–Crippen MR) is 105 cm³/mol. The van der Waals surface area contributed by atoms with Crippen LogP contribution < -0.4 is 5.32 Å². The number of ether oxygens (including phenoxy) is 1. The molecule has 1 unspecified atom stereocenters. The molecule has 2 aromatic rings. The van der Waals surface area contributed by atoms with Crippen molar-refractivity contribution in [2.45, 2.75) is 63.8 Å². The number of imidazole rings is 1. The first-order chi connectivity index (χ1) is 13.5. The van der Waals surface area contributed by atoms with E-state index >= 15 is 0 Å². The molecule has 7 nitrogen and oxygen atoms in total. The maximum absolute atomic E-state index is 12.0. The number of aromatic nitrogens is 2. The van der Waals surface area contributed by atoms with Gasteiger partial charge in [-0.1, -0.05) is 0 Å². The standard InChI is InChI=1S/C21H30N4O3/c1-16(2)25-15-22-12-17(25)14-24-9-7-21(8-10-24)6-5-18(28-21)13-23-20(26)19-4-3-11-27-19/h3-4,11-12,15-16,18H,5-10,13-14H2,1-2H3,(H,23,26). The summed E-state index contributed by atoms with van der Waals surface area (Å²) in [5.41, 5.74) is 1.26. The molecule has 0 radical (unpaired) electrons. The van der Waals surface area contributed by atoms with E-state index in [4.69, 9.17) is 9.15 Å². The second-order valence-electron chi connectivity index (χ2n) is 8.31. The smallest absolute Gasteiger partial charge is 0.287 e. The van der Waals surface area contributed by atoms with Crippen molar-refractivity contribution in [2.75, 3.05) is 19.6 Å². The molecule has 28 heavy (non-hydrogen) atoms. The predicted octanol–water partition coefficient (Wildman–Crippen LogP) is 3.00. The fourth-order valence-electron chi connectivity index (χ4n) is 4.38. The minimum absolute atomic E-state index is 0.0190. The van der Waals surface area contributed by atoms with Gasteiger partial charge in [-0.25, -0.2) is 4.98 Å². The lowest BCUT2D eigenvalue weighted by atomic mass is 9.88. The maximum Gasteiger partial charge on any atom is 0.287 e. The number of hydrogen-bond acceptors (Lipinski definition) is 5. The van der Waals surface area contributed by atoms with E-state index in [1.165, 1.54) is 12.0 Å². The van der Waals surface area contributed by atoms with Crippen LogP contribution in [-0.4, -0.2) is 51.7 Å². The first-order valence-electron chi connectivity index (χ1n) is 10.3. The number of piperidine rings is 1. The highest BCUT2D eigenvalue weighted by molar-refractivity contribution is 5.91. The zero-order chi connectivity index (χ0) is 19.6. The average Bonchev–Trinajstić information content (AvgIpc) is 3.43. The number of furan rings is 1. The zero-order valence-electron chi connectivity index (χ0n) is 16.8. The van der Waals surface area contributed by atoms with E-state index < -0.39 is 0 Å². The fourth-order valence-corrected chi connectivity index (χ4v) is 4.38. The van der Waals surface area contributed by atoms with Gasteiger partial charge in [0, 0.05) is 38.4 Å². The van der Waals surface area contributed by atoms with E-state index in [0.717, 1.165) is 45.3 Å². The van der Waals surface area contributed by atoms with Gasteiger partial charge in [0.25, 0.3) is 5.91 Å². The first-order valence-corrected chi connectivity index (χ1v) is 10.3. The Morgan fingerprint density at radius 1 is 1.36 bits per heavy atom. The van der Waals surface area contributed by atoms with E-state index in [0.29, 0.717) is 18.3 Å². The van der Waals surface area contributed by atoms with Gasteiger partial charge in [-0.05, 0) is 51.7 Å². The number of amides is 1. The molecule has 4 heterocycles. The Morgan fingerprint density at radius 2 is 2.18 bits per heavy atom. The molecule has 1 atom stereocenters. The van der Waals surface area contributed by atoms with Crippen molar-refractivity contribution in [3.8, 4) is 0 Å². The summed E-state index contributed by atoms with van der Waals surface area (Å²) in [6.45, 7) is 7.93. The van der Waals surface area contributed by atoms with Crippen LogP contribution in [0.5, 0.6) is 0 Å². The van der Waals surface area contributed by atoms with Crippen LogP contribution in [0.4, 0.5) is 0 Å². The van der Waals surface area contributed by atoms with E-state index in [-0.39, 0.29) is 17.6 Å². The number of carbonyl (C=O) groups is 1. The van der Waals surface area contributed by atoms with Crippen LogP contribution in [0.15, 0.2) is 35.3 Å². The molecule has 1 amide bonds. The summed E-state index contributed by atoms with van der Waals surface area (Å²) in [4.78, 5) is 18.8. The third kappa shape index (κ3) is 4.15. The van der Waals surface area contributed by atoms with E-state index in [1.54, 1.807) is 12.1 Å². The molecule has 1 spiro atoms. The Kier molecular flexibility index (Phi) is 5.55. The summed E-state index contributed by atoms with van der Waals surface area (Å²) < 4.78 is 13.8. The van der Waals surface area contributed by atoms with Gasteiger partial charge in [-0.15, -0.1) is 0 Å². The van der Waals surface area contributed by atoms with Crippen molar-refractivity contribution < 1.29 is 13.9 Å². The highest BCUT2D eigenvalue weighted by Gasteiger charge is 2.42. The van der Waals surface area contributed by atoms with Crippen molar-refractivity contribution >= 4 is 5.91 Å². The van der Waals surface area contributed by atoms with Crippen molar-refractivity contribution in [1.82, 2.24) is 19.8 Å². The third-order valence-corrected chi connectivity index (χ3v) is 6.03. The Morgan fingerprint density at radius 3 is 2.89 bits per heavy atom. The number of likely N-dealkylation sites (tertiary alicyclic amines) is 1. The van der Waals surface area contributed by atoms with Crippen LogP contribution in [0.25, 0.3) is 0 Å². The van der Waals surface area contributed by atoms with Gasteiger partial charge in [0.15, 0.2) is 5.76 Å². The molecule has 1 N–H and O–H groups in total. The number of rotatable bonds is 6. The molecule has 152 valence electrons. The molecule has 2 aromatic heterocycles. The van der Waals surface area contributed by atoms with E-state index in [1.807, 2.05) is 12.5 Å². The van der Waals surface area contributed by atoms with Crippen LogP contribution >= 0.6 is 0 Å². The molecule has 4 rings (SSSR count). The van der Waals surface area contributed by atoms with Crippen molar-refractivity contribution in [1.29, 1.82) is 0 Å². The second kappa shape index (κ2) is 8.09. The summed E-state index contributed by atoms with van der Waals surface area (Å²) in [5.74, 6) is 0.174. The summed E-state index contributed by atoms with van der Waals surface area (Å²) in [6, 6.07) is 3.83. The number of nitrogens with zero attached hydrogens (tertiary/aromatic N) is 3. The maximum atomic E-state index is 12.0.